The quantitative estimate of drug-likeness (QED) is 0.280. The summed E-state index contributed by atoms with van der Waals surface area (Å²) < 4.78 is 9.92. The van der Waals surface area contributed by atoms with E-state index >= 15 is 0 Å². The van der Waals surface area contributed by atoms with E-state index in [2.05, 4.69) is 5.32 Å². The Morgan fingerprint density at radius 2 is 2.09 bits per heavy atom. The van der Waals surface area contributed by atoms with Crippen LogP contribution in [-0.2, 0) is 19.1 Å². The zero-order valence-corrected chi connectivity index (χ0v) is 11.7. The number of aliphatic hydroxyl groups excluding tert-OH is 4. The lowest BCUT2D eigenvalue weighted by Crippen LogP contribution is -2.60. The number of rotatable bonds is 7. The molecular formula is C12H19NO9. The fourth-order valence-corrected chi connectivity index (χ4v) is 2.05. The van der Waals surface area contributed by atoms with Gasteiger partial charge in [0.05, 0.1) is 12.6 Å². The highest BCUT2D eigenvalue weighted by Gasteiger charge is 2.43. The van der Waals surface area contributed by atoms with Crippen molar-refractivity contribution in [1.82, 2.24) is 5.32 Å². The van der Waals surface area contributed by atoms with Gasteiger partial charge in [0.1, 0.15) is 24.9 Å². The van der Waals surface area contributed by atoms with E-state index in [1.54, 1.807) is 0 Å². The molecule has 0 saturated heterocycles. The number of methoxy groups -OCH3 is 1. The maximum Gasteiger partial charge on any atom is 0.370 e. The summed E-state index contributed by atoms with van der Waals surface area (Å²) >= 11 is 0. The number of carboxylic acid groups (broad SMARTS) is 1. The van der Waals surface area contributed by atoms with Crippen LogP contribution in [0.4, 0.5) is 0 Å². The number of aliphatic hydroxyl groups is 4. The van der Waals surface area contributed by atoms with Crippen molar-refractivity contribution in [2.75, 3.05) is 20.3 Å². The highest BCUT2D eigenvalue weighted by Crippen LogP contribution is 2.23. The lowest BCUT2D eigenvalue weighted by molar-refractivity contribution is -0.152. The Labute approximate surface area is 125 Å². The molecule has 0 aliphatic carbocycles. The summed E-state index contributed by atoms with van der Waals surface area (Å²) in [6.07, 6.45) is -4.70. The molecule has 126 valence electrons. The number of nitrogens with one attached hydrogen (secondary N) is 1. The third-order valence-corrected chi connectivity index (χ3v) is 3.19. The smallest absolute Gasteiger partial charge is 0.370 e. The van der Waals surface area contributed by atoms with Crippen LogP contribution in [0.1, 0.15) is 0 Å². The van der Waals surface area contributed by atoms with E-state index in [9.17, 15) is 19.8 Å². The summed E-state index contributed by atoms with van der Waals surface area (Å²) in [5.41, 5.74) is 0. The number of aliphatic carboxylic acids is 1. The summed E-state index contributed by atoms with van der Waals surface area (Å²) in [7, 11) is 1.21. The summed E-state index contributed by atoms with van der Waals surface area (Å²) in [6, 6.07) is -1.23. The monoisotopic (exact) mass is 321 g/mol. The van der Waals surface area contributed by atoms with Crippen molar-refractivity contribution >= 4 is 11.9 Å². The van der Waals surface area contributed by atoms with Crippen molar-refractivity contribution in [3.63, 3.8) is 0 Å². The molecule has 0 aromatic carbocycles. The van der Waals surface area contributed by atoms with E-state index in [-0.39, 0.29) is 0 Å². The molecule has 1 heterocycles. The van der Waals surface area contributed by atoms with E-state index < -0.39 is 61.3 Å². The summed E-state index contributed by atoms with van der Waals surface area (Å²) in [6.45, 7) is -1.46. The van der Waals surface area contributed by atoms with Gasteiger partial charge in [-0.2, -0.15) is 0 Å². The number of amides is 1. The molecule has 10 heteroatoms. The first-order chi connectivity index (χ1) is 10.3. The van der Waals surface area contributed by atoms with Gasteiger partial charge in [0.15, 0.2) is 6.10 Å². The molecule has 0 aromatic rings. The Hall–Kier alpha value is -1.72. The minimum absolute atomic E-state index is 0.597. The normalized spacial score (nSPS) is 27.3. The van der Waals surface area contributed by atoms with Gasteiger partial charge in [-0.05, 0) is 6.08 Å². The molecule has 1 aliphatic heterocycles. The summed E-state index contributed by atoms with van der Waals surface area (Å²) in [4.78, 5) is 22.3. The van der Waals surface area contributed by atoms with Crippen molar-refractivity contribution < 1.29 is 44.6 Å². The molecule has 22 heavy (non-hydrogen) atoms. The average molecular weight is 321 g/mol. The molecule has 1 amide bonds. The average Bonchev–Trinajstić information content (AvgIpc) is 2.49. The van der Waals surface area contributed by atoms with E-state index in [1.807, 2.05) is 0 Å². The lowest BCUT2D eigenvalue weighted by atomic mass is 9.93. The molecule has 0 aromatic heterocycles. The van der Waals surface area contributed by atoms with Gasteiger partial charge >= 0.3 is 5.97 Å². The topological polar surface area (TPSA) is 166 Å². The summed E-state index contributed by atoms with van der Waals surface area (Å²) in [5.74, 6) is -2.94. The van der Waals surface area contributed by atoms with Gasteiger partial charge in [-0.3, -0.25) is 4.79 Å². The fraction of sp³-hybridized carbons (Fsp3) is 0.667. The number of carbonyl (C=O) groups excluding carboxylic acids is 1. The van der Waals surface area contributed by atoms with Crippen LogP contribution in [0.25, 0.3) is 0 Å². The van der Waals surface area contributed by atoms with Crippen LogP contribution in [0.2, 0.25) is 0 Å². The highest BCUT2D eigenvalue weighted by atomic mass is 16.5. The molecule has 5 atom stereocenters. The van der Waals surface area contributed by atoms with Gasteiger partial charge in [-0.25, -0.2) is 4.79 Å². The van der Waals surface area contributed by atoms with Crippen molar-refractivity contribution in [2.24, 2.45) is 0 Å². The molecule has 1 rings (SSSR count). The van der Waals surface area contributed by atoms with E-state index in [0.717, 1.165) is 6.08 Å². The molecule has 0 bridgehead atoms. The van der Waals surface area contributed by atoms with Crippen LogP contribution in [-0.4, -0.2) is 88.2 Å². The van der Waals surface area contributed by atoms with Crippen molar-refractivity contribution in [1.29, 1.82) is 0 Å². The molecule has 0 spiro atoms. The third kappa shape index (κ3) is 4.15. The first-order valence-corrected chi connectivity index (χ1v) is 6.37. The van der Waals surface area contributed by atoms with Crippen molar-refractivity contribution in [3.8, 4) is 0 Å². The minimum Gasteiger partial charge on any atom is -0.478 e. The van der Waals surface area contributed by atoms with Crippen LogP contribution < -0.4 is 5.32 Å². The Morgan fingerprint density at radius 1 is 1.45 bits per heavy atom. The van der Waals surface area contributed by atoms with Gasteiger partial charge in [-0.1, -0.05) is 0 Å². The Kier molecular flexibility index (Phi) is 6.71. The standard InChI is InChI=1S/C12H19NO9/c1-21-7(3-14)10(18)11-9(13-8(17)4-15)5(16)2-6(22-11)12(19)20/h2,5,7,9-11,14-16,18H,3-4H2,1H3,(H,13,17)(H,19,20)/t5-,7+,9+,10+,11+/m0/s1. The predicted molar refractivity (Wildman–Crippen MR) is 69.5 cm³/mol. The largest absolute Gasteiger partial charge is 0.478 e. The van der Waals surface area contributed by atoms with Gasteiger partial charge in [-0.15, -0.1) is 0 Å². The van der Waals surface area contributed by atoms with Crippen LogP contribution in [0.3, 0.4) is 0 Å². The molecule has 10 nitrogen and oxygen atoms in total. The van der Waals surface area contributed by atoms with E-state index in [0.29, 0.717) is 0 Å². The molecule has 0 saturated carbocycles. The van der Waals surface area contributed by atoms with Crippen LogP contribution in [0.5, 0.6) is 0 Å². The Morgan fingerprint density at radius 3 is 2.55 bits per heavy atom. The number of ether oxygens (including phenoxy) is 2. The van der Waals surface area contributed by atoms with Gasteiger partial charge in [0, 0.05) is 7.11 Å². The van der Waals surface area contributed by atoms with Gasteiger partial charge in [0.2, 0.25) is 11.7 Å². The predicted octanol–water partition coefficient (Wildman–Crippen LogP) is -3.44. The second kappa shape index (κ2) is 8.06. The third-order valence-electron chi connectivity index (χ3n) is 3.19. The van der Waals surface area contributed by atoms with Crippen LogP contribution in [0.15, 0.2) is 11.8 Å². The van der Waals surface area contributed by atoms with E-state index in [4.69, 9.17) is 24.8 Å². The molecule has 6 N–H and O–H groups in total. The first kappa shape index (κ1) is 18.3. The van der Waals surface area contributed by atoms with Gasteiger partial charge < -0.3 is 40.3 Å². The molecule has 0 radical (unpaired) electrons. The number of carbonyl (C=O) groups is 2. The molecule has 0 unspecified atom stereocenters. The maximum atomic E-state index is 11.3. The second-order valence-electron chi connectivity index (χ2n) is 4.61. The zero-order chi connectivity index (χ0) is 16.9. The fourth-order valence-electron chi connectivity index (χ4n) is 2.05. The van der Waals surface area contributed by atoms with Crippen LogP contribution >= 0.6 is 0 Å². The highest BCUT2D eigenvalue weighted by molar-refractivity contribution is 5.84. The Bertz CT molecular complexity index is 434. The summed E-state index contributed by atoms with van der Waals surface area (Å²) in [5, 5.41) is 49.1. The van der Waals surface area contributed by atoms with Gasteiger partial charge in [0.25, 0.3) is 0 Å². The van der Waals surface area contributed by atoms with Crippen LogP contribution in [0, 0.1) is 0 Å². The number of hydrogen-bond acceptors (Lipinski definition) is 8. The maximum absolute atomic E-state index is 11.3. The molecule has 1 aliphatic rings. The first-order valence-electron chi connectivity index (χ1n) is 6.37. The zero-order valence-electron chi connectivity index (χ0n) is 11.7. The minimum atomic E-state index is -1.54. The molecule has 0 fully saturated rings. The second-order valence-corrected chi connectivity index (χ2v) is 4.61. The SMILES string of the molecule is CO[C@H](CO)[C@@H](O)[C@@H]1OC(C(=O)O)=C[C@H](O)[C@H]1NC(=O)CO. The van der Waals surface area contributed by atoms with Crippen molar-refractivity contribution in [3.05, 3.63) is 11.8 Å². The van der Waals surface area contributed by atoms with Crippen molar-refractivity contribution in [2.45, 2.75) is 30.5 Å². The lowest BCUT2D eigenvalue weighted by Gasteiger charge is -2.38. The van der Waals surface area contributed by atoms with E-state index in [1.165, 1.54) is 7.11 Å². The molecular weight excluding hydrogens is 302 g/mol. The Balaban J connectivity index is 3.07. The number of carboxylic acids is 1. The number of hydrogen-bond donors (Lipinski definition) is 6.